The van der Waals surface area contributed by atoms with E-state index in [9.17, 15) is 17.6 Å². The molecule has 2 fully saturated rings. The van der Waals surface area contributed by atoms with E-state index >= 15 is 0 Å². The summed E-state index contributed by atoms with van der Waals surface area (Å²) in [4.78, 5) is 13.8. The summed E-state index contributed by atoms with van der Waals surface area (Å²) in [7, 11) is -3.91. The number of nitrogens with zero attached hydrogens (tertiary/aromatic N) is 3. The van der Waals surface area contributed by atoms with Gasteiger partial charge in [0.2, 0.25) is 10.0 Å². The third kappa shape index (κ3) is 3.12. The average molecular weight is 378 g/mol. The summed E-state index contributed by atoms with van der Waals surface area (Å²) < 4.78 is 40.3. The Hall–Kier alpha value is -2.26. The maximum Gasteiger partial charge on any atom is 0.274 e. The second-order valence-electron chi connectivity index (χ2n) is 6.61. The topological polar surface area (TPSA) is 86.4 Å². The number of hydrogen-bond acceptors (Lipinski definition) is 4. The van der Waals surface area contributed by atoms with Crippen LogP contribution in [0.2, 0.25) is 0 Å². The van der Waals surface area contributed by atoms with Gasteiger partial charge in [-0.2, -0.15) is 9.40 Å². The number of amides is 1. The third-order valence-electron chi connectivity index (χ3n) is 4.81. The monoisotopic (exact) mass is 378 g/mol. The zero-order chi connectivity index (χ0) is 18.3. The first-order chi connectivity index (χ1) is 12.5. The van der Waals surface area contributed by atoms with Gasteiger partial charge in [0.1, 0.15) is 16.4 Å². The third-order valence-corrected chi connectivity index (χ3v) is 6.75. The van der Waals surface area contributed by atoms with Crippen molar-refractivity contribution >= 4 is 15.9 Å². The average Bonchev–Trinajstić information content (AvgIpc) is 3.38. The van der Waals surface area contributed by atoms with Gasteiger partial charge in [-0.05, 0) is 31.0 Å². The van der Waals surface area contributed by atoms with Crippen LogP contribution in [0, 0.1) is 5.82 Å². The molecule has 138 valence electrons. The van der Waals surface area contributed by atoms with E-state index in [1.807, 2.05) is 0 Å². The number of aromatic nitrogens is 2. The van der Waals surface area contributed by atoms with Crippen molar-refractivity contribution in [2.24, 2.45) is 0 Å². The molecule has 0 unspecified atom stereocenters. The number of hydrogen-bond donors (Lipinski definition) is 1. The lowest BCUT2D eigenvalue weighted by atomic mass is 10.2. The Labute approximate surface area is 150 Å². The van der Waals surface area contributed by atoms with Gasteiger partial charge < -0.3 is 4.90 Å². The van der Waals surface area contributed by atoms with Gasteiger partial charge >= 0.3 is 0 Å². The first-order valence-corrected chi connectivity index (χ1v) is 10.00. The van der Waals surface area contributed by atoms with Crippen LogP contribution in [0.3, 0.4) is 0 Å². The maximum absolute atomic E-state index is 13.9. The summed E-state index contributed by atoms with van der Waals surface area (Å²) >= 11 is 0. The molecule has 1 aliphatic heterocycles. The van der Waals surface area contributed by atoms with Gasteiger partial charge in [-0.1, -0.05) is 12.1 Å². The van der Waals surface area contributed by atoms with Gasteiger partial charge in [0.05, 0.1) is 0 Å². The fourth-order valence-corrected chi connectivity index (χ4v) is 4.62. The summed E-state index contributed by atoms with van der Waals surface area (Å²) in [6, 6.07) is 7.10. The van der Waals surface area contributed by atoms with Gasteiger partial charge in [-0.15, -0.1) is 0 Å². The molecule has 0 radical (unpaired) electrons. The Bertz CT molecular complexity index is 931. The van der Waals surface area contributed by atoms with E-state index in [2.05, 4.69) is 10.2 Å². The lowest BCUT2D eigenvalue weighted by Gasteiger charge is -2.33. The molecule has 2 aromatic rings. The Morgan fingerprint density at radius 2 is 1.85 bits per heavy atom. The highest BCUT2D eigenvalue weighted by atomic mass is 32.2. The van der Waals surface area contributed by atoms with Crippen molar-refractivity contribution in [2.75, 3.05) is 26.2 Å². The van der Waals surface area contributed by atoms with Crippen LogP contribution in [0.15, 0.2) is 35.2 Å². The van der Waals surface area contributed by atoms with E-state index in [-0.39, 0.29) is 37.0 Å². The number of nitrogens with one attached hydrogen (secondary N) is 1. The molecule has 26 heavy (non-hydrogen) atoms. The molecule has 1 saturated carbocycles. The van der Waals surface area contributed by atoms with Gasteiger partial charge in [-0.3, -0.25) is 9.89 Å². The Kier molecular flexibility index (Phi) is 4.28. The van der Waals surface area contributed by atoms with Gasteiger partial charge in [0, 0.05) is 37.8 Å². The predicted molar refractivity (Wildman–Crippen MR) is 91.6 cm³/mol. The van der Waals surface area contributed by atoms with Crippen molar-refractivity contribution in [3.8, 4) is 0 Å². The number of sulfonamides is 1. The molecule has 0 bridgehead atoms. The molecule has 1 aromatic heterocycles. The van der Waals surface area contributed by atoms with Crippen LogP contribution in [0.4, 0.5) is 4.39 Å². The number of carbonyl (C=O) groups excluding carboxylic acids is 1. The molecule has 2 aliphatic rings. The SMILES string of the molecule is O=C(c1cc(C2CC2)[nH]n1)N1CCN(S(=O)(=O)c2ccccc2F)CC1. The minimum atomic E-state index is -3.91. The number of carbonyl (C=O) groups is 1. The molecule has 1 aromatic carbocycles. The highest BCUT2D eigenvalue weighted by Gasteiger charge is 2.33. The van der Waals surface area contributed by atoms with Crippen LogP contribution < -0.4 is 0 Å². The number of halogens is 1. The fourth-order valence-electron chi connectivity index (χ4n) is 3.14. The zero-order valence-corrected chi connectivity index (χ0v) is 14.9. The molecule has 4 rings (SSSR count). The van der Waals surface area contributed by atoms with Crippen LogP contribution in [-0.2, 0) is 10.0 Å². The summed E-state index contributed by atoms with van der Waals surface area (Å²) in [5, 5.41) is 6.98. The summed E-state index contributed by atoms with van der Waals surface area (Å²) in [5.74, 6) is -0.502. The highest BCUT2D eigenvalue weighted by Crippen LogP contribution is 2.39. The number of benzene rings is 1. The lowest BCUT2D eigenvalue weighted by Crippen LogP contribution is -2.50. The van der Waals surface area contributed by atoms with E-state index in [0.717, 1.165) is 24.6 Å². The summed E-state index contributed by atoms with van der Waals surface area (Å²) in [6.07, 6.45) is 2.23. The molecule has 2 heterocycles. The molecule has 0 atom stereocenters. The molecule has 1 N–H and O–H groups in total. The molecule has 7 nitrogen and oxygen atoms in total. The lowest BCUT2D eigenvalue weighted by molar-refractivity contribution is 0.0691. The van der Waals surface area contributed by atoms with E-state index < -0.39 is 15.8 Å². The number of aromatic amines is 1. The van der Waals surface area contributed by atoms with E-state index in [1.165, 1.54) is 22.5 Å². The van der Waals surface area contributed by atoms with Crippen LogP contribution in [-0.4, -0.2) is 59.9 Å². The fraction of sp³-hybridized carbons (Fsp3) is 0.412. The van der Waals surface area contributed by atoms with Crippen LogP contribution in [0.25, 0.3) is 0 Å². The Balaban J connectivity index is 1.43. The number of piperazine rings is 1. The Morgan fingerprint density at radius 3 is 2.50 bits per heavy atom. The largest absolute Gasteiger partial charge is 0.335 e. The van der Waals surface area contributed by atoms with Crippen molar-refractivity contribution in [2.45, 2.75) is 23.7 Å². The van der Waals surface area contributed by atoms with Gasteiger partial charge in [0.15, 0.2) is 0 Å². The van der Waals surface area contributed by atoms with Crippen LogP contribution in [0.5, 0.6) is 0 Å². The highest BCUT2D eigenvalue weighted by molar-refractivity contribution is 7.89. The molecular weight excluding hydrogens is 359 g/mol. The van der Waals surface area contributed by atoms with Crippen molar-refractivity contribution in [1.82, 2.24) is 19.4 Å². The van der Waals surface area contributed by atoms with Crippen molar-refractivity contribution in [3.05, 3.63) is 47.5 Å². The van der Waals surface area contributed by atoms with E-state index in [1.54, 1.807) is 11.0 Å². The van der Waals surface area contributed by atoms with Crippen molar-refractivity contribution in [1.29, 1.82) is 0 Å². The van der Waals surface area contributed by atoms with Gasteiger partial charge in [0.25, 0.3) is 5.91 Å². The molecule has 9 heteroatoms. The molecule has 1 amide bonds. The van der Waals surface area contributed by atoms with Crippen molar-refractivity contribution < 1.29 is 17.6 Å². The quantitative estimate of drug-likeness (QED) is 0.875. The molecule has 1 saturated heterocycles. The second-order valence-corrected chi connectivity index (χ2v) is 8.52. The van der Waals surface area contributed by atoms with E-state index in [0.29, 0.717) is 11.6 Å². The maximum atomic E-state index is 13.9. The second kappa shape index (κ2) is 6.48. The smallest absolute Gasteiger partial charge is 0.274 e. The minimum absolute atomic E-state index is 0.127. The normalized spacial score (nSPS) is 18.9. The first kappa shape index (κ1) is 17.2. The number of H-pyrrole nitrogens is 1. The standard InChI is InChI=1S/C17H19FN4O3S/c18-13-3-1-2-4-16(13)26(24,25)22-9-7-21(8-10-22)17(23)15-11-14(19-20-15)12-5-6-12/h1-4,11-12H,5-10H2,(H,19,20). The van der Waals surface area contributed by atoms with Crippen LogP contribution in [0.1, 0.15) is 34.9 Å². The predicted octanol–water partition coefficient (Wildman–Crippen LogP) is 1.57. The Morgan fingerprint density at radius 1 is 1.15 bits per heavy atom. The molecular formula is C17H19FN4O3S. The molecule has 0 spiro atoms. The zero-order valence-electron chi connectivity index (χ0n) is 14.1. The number of rotatable bonds is 4. The van der Waals surface area contributed by atoms with E-state index in [4.69, 9.17) is 0 Å². The van der Waals surface area contributed by atoms with Crippen molar-refractivity contribution in [3.63, 3.8) is 0 Å². The van der Waals surface area contributed by atoms with Crippen LogP contribution >= 0.6 is 0 Å². The summed E-state index contributed by atoms with van der Waals surface area (Å²) in [5.41, 5.74) is 1.34. The molecule has 1 aliphatic carbocycles. The first-order valence-electron chi connectivity index (χ1n) is 8.56. The van der Waals surface area contributed by atoms with Gasteiger partial charge in [-0.25, -0.2) is 12.8 Å². The minimum Gasteiger partial charge on any atom is -0.335 e. The summed E-state index contributed by atoms with van der Waals surface area (Å²) in [6.45, 7) is 0.751.